The summed E-state index contributed by atoms with van der Waals surface area (Å²) in [6.07, 6.45) is 1.80. The highest BCUT2D eigenvalue weighted by atomic mass is 79.9. The third kappa shape index (κ3) is 6.57. The molecule has 4 nitrogen and oxygen atoms in total. The average molecular weight is 570 g/mol. The van der Waals surface area contributed by atoms with Crippen molar-refractivity contribution < 1.29 is 9.47 Å². The summed E-state index contributed by atoms with van der Waals surface area (Å²) in [6, 6.07) is 29.1. The van der Waals surface area contributed by atoms with E-state index >= 15 is 0 Å². The van der Waals surface area contributed by atoms with Gasteiger partial charge >= 0.3 is 0 Å². The van der Waals surface area contributed by atoms with Crippen LogP contribution in [0.2, 0.25) is 10.0 Å². The van der Waals surface area contributed by atoms with E-state index in [2.05, 4.69) is 15.9 Å². The first-order valence-electron chi connectivity index (χ1n) is 11.0. The number of hydrogen-bond donors (Lipinski definition) is 0. The van der Waals surface area contributed by atoms with Crippen LogP contribution in [0, 0.1) is 0 Å². The largest absolute Gasteiger partial charge is 0.490 e. The van der Waals surface area contributed by atoms with Gasteiger partial charge < -0.3 is 9.47 Å². The molecule has 0 bridgehead atoms. The SMILES string of the molecule is CCOc1cc(/C=N\N(c2ccccc2)c2ccccc2)c(Br)cc1OCc1ccc(Cl)cc1Cl. The van der Waals surface area contributed by atoms with Crippen molar-refractivity contribution in [2.45, 2.75) is 13.5 Å². The summed E-state index contributed by atoms with van der Waals surface area (Å²) in [5.41, 5.74) is 3.59. The van der Waals surface area contributed by atoms with Crippen LogP contribution < -0.4 is 14.5 Å². The molecule has 4 aromatic carbocycles. The highest BCUT2D eigenvalue weighted by Crippen LogP contribution is 2.35. The molecule has 0 radical (unpaired) electrons. The van der Waals surface area contributed by atoms with Gasteiger partial charge in [-0.25, -0.2) is 5.01 Å². The highest BCUT2D eigenvalue weighted by Gasteiger charge is 2.13. The summed E-state index contributed by atoms with van der Waals surface area (Å²) < 4.78 is 12.8. The number of anilines is 2. The summed E-state index contributed by atoms with van der Waals surface area (Å²) in [5, 5.41) is 7.82. The number of halogens is 3. The number of hydrazone groups is 1. The van der Waals surface area contributed by atoms with E-state index in [1.54, 1.807) is 18.3 Å². The fourth-order valence-corrected chi connectivity index (χ4v) is 4.25. The molecule has 0 fully saturated rings. The van der Waals surface area contributed by atoms with E-state index in [1.807, 2.05) is 90.8 Å². The van der Waals surface area contributed by atoms with Crippen LogP contribution >= 0.6 is 39.1 Å². The van der Waals surface area contributed by atoms with Gasteiger partial charge in [-0.2, -0.15) is 5.10 Å². The second-order valence-electron chi connectivity index (χ2n) is 7.51. The standard InChI is InChI=1S/C28H23BrCl2N2O2/c1-2-34-27-15-21(25(29)17-28(27)35-19-20-13-14-22(30)16-26(20)31)18-32-33(23-9-5-3-6-10-23)24-11-7-4-8-12-24/h3-18H,2,19H2,1H3/b32-18-. The van der Waals surface area contributed by atoms with E-state index in [0.717, 1.165) is 27.0 Å². The maximum atomic E-state index is 6.30. The topological polar surface area (TPSA) is 34.1 Å². The van der Waals surface area contributed by atoms with Gasteiger partial charge in [-0.15, -0.1) is 0 Å². The fourth-order valence-electron chi connectivity index (χ4n) is 3.37. The van der Waals surface area contributed by atoms with Crippen LogP contribution in [0.4, 0.5) is 11.4 Å². The van der Waals surface area contributed by atoms with Crippen LogP contribution in [0.3, 0.4) is 0 Å². The molecule has 7 heteroatoms. The molecule has 0 aromatic heterocycles. The molecule has 0 saturated carbocycles. The Balaban J connectivity index is 1.62. The van der Waals surface area contributed by atoms with Gasteiger partial charge in [-0.3, -0.25) is 0 Å². The molecule has 0 heterocycles. The van der Waals surface area contributed by atoms with E-state index in [0.29, 0.717) is 28.2 Å². The van der Waals surface area contributed by atoms with Crippen LogP contribution in [0.5, 0.6) is 11.5 Å². The first-order chi connectivity index (χ1) is 17.0. The van der Waals surface area contributed by atoms with Crippen molar-refractivity contribution in [3.63, 3.8) is 0 Å². The minimum absolute atomic E-state index is 0.283. The van der Waals surface area contributed by atoms with Crippen molar-refractivity contribution in [1.82, 2.24) is 0 Å². The molecule has 0 spiro atoms. The number of rotatable bonds is 9. The van der Waals surface area contributed by atoms with Crippen molar-refractivity contribution in [1.29, 1.82) is 0 Å². The van der Waals surface area contributed by atoms with Crippen LogP contribution in [-0.4, -0.2) is 12.8 Å². The van der Waals surface area contributed by atoms with Crippen LogP contribution in [0.1, 0.15) is 18.1 Å². The number of para-hydroxylation sites is 2. The Hall–Kier alpha value is -2.99. The Labute approximate surface area is 223 Å². The van der Waals surface area contributed by atoms with Crippen molar-refractivity contribution in [2.24, 2.45) is 5.10 Å². The summed E-state index contributed by atoms with van der Waals surface area (Å²) in [7, 11) is 0. The summed E-state index contributed by atoms with van der Waals surface area (Å²) in [5.74, 6) is 1.22. The van der Waals surface area contributed by atoms with Gasteiger partial charge in [0.15, 0.2) is 11.5 Å². The molecule has 0 atom stereocenters. The Morgan fingerprint density at radius 1 is 0.829 bits per heavy atom. The molecule has 0 aliphatic rings. The minimum Gasteiger partial charge on any atom is -0.490 e. The number of benzene rings is 4. The number of nitrogens with zero attached hydrogens (tertiary/aromatic N) is 2. The molecule has 35 heavy (non-hydrogen) atoms. The molecule has 0 aliphatic heterocycles. The van der Waals surface area contributed by atoms with E-state index < -0.39 is 0 Å². The fraction of sp³-hybridized carbons (Fsp3) is 0.107. The smallest absolute Gasteiger partial charge is 0.162 e. The monoisotopic (exact) mass is 568 g/mol. The molecule has 4 rings (SSSR count). The second-order valence-corrected chi connectivity index (χ2v) is 9.20. The highest BCUT2D eigenvalue weighted by molar-refractivity contribution is 9.10. The normalized spacial score (nSPS) is 11.0. The molecule has 0 unspecified atom stereocenters. The van der Waals surface area contributed by atoms with Crippen LogP contribution in [0.15, 0.2) is 101 Å². The lowest BCUT2D eigenvalue weighted by atomic mass is 10.2. The minimum atomic E-state index is 0.283. The predicted octanol–water partition coefficient (Wildman–Crippen LogP) is 8.91. The summed E-state index contributed by atoms with van der Waals surface area (Å²) >= 11 is 16.0. The zero-order valence-electron chi connectivity index (χ0n) is 19.0. The van der Waals surface area contributed by atoms with E-state index in [-0.39, 0.29) is 6.61 Å². The maximum absolute atomic E-state index is 6.30. The maximum Gasteiger partial charge on any atom is 0.162 e. The predicted molar refractivity (Wildman–Crippen MR) is 149 cm³/mol. The van der Waals surface area contributed by atoms with Gasteiger partial charge in [0.05, 0.1) is 24.2 Å². The van der Waals surface area contributed by atoms with Gasteiger partial charge in [0, 0.05) is 25.6 Å². The van der Waals surface area contributed by atoms with Gasteiger partial charge in [0.2, 0.25) is 0 Å². The Kier molecular flexibility index (Phi) is 8.69. The molecule has 0 N–H and O–H groups in total. The Morgan fingerprint density at radius 3 is 2.06 bits per heavy atom. The molecular weight excluding hydrogens is 547 g/mol. The number of ether oxygens (including phenoxy) is 2. The van der Waals surface area contributed by atoms with Gasteiger partial charge in [-0.1, -0.05) is 65.7 Å². The quantitative estimate of drug-likeness (QED) is 0.149. The molecule has 0 amide bonds. The van der Waals surface area contributed by atoms with E-state index in [4.69, 9.17) is 37.8 Å². The molecule has 0 saturated heterocycles. The molecule has 178 valence electrons. The Morgan fingerprint density at radius 2 is 1.46 bits per heavy atom. The molecular formula is C28H23BrCl2N2O2. The molecule has 4 aromatic rings. The van der Waals surface area contributed by atoms with Crippen LogP contribution in [-0.2, 0) is 6.61 Å². The molecule has 0 aliphatic carbocycles. The lowest BCUT2D eigenvalue weighted by molar-refractivity contribution is 0.269. The van der Waals surface area contributed by atoms with Gasteiger partial charge in [-0.05, 0) is 71.4 Å². The van der Waals surface area contributed by atoms with Crippen LogP contribution in [0.25, 0.3) is 0 Å². The summed E-state index contributed by atoms with van der Waals surface area (Å²) in [4.78, 5) is 0. The van der Waals surface area contributed by atoms with Crippen molar-refractivity contribution >= 4 is 56.7 Å². The first-order valence-corrected chi connectivity index (χ1v) is 12.6. The van der Waals surface area contributed by atoms with Gasteiger partial charge in [0.25, 0.3) is 0 Å². The Bertz CT molecular complexity index is 1260. The second kappa shape index (κ2) is 12.1. The van der Waals surface area contributed by atoms with E-state index in [9.17, 15) is 0 Å². The zero-order valence-corrected chi connectivity index (χ0v) is 22.1. The third-order valence-corrected chi connectivity index (χ3v) is 6.35. The third-order valence-electron chi connectivity index (χ3n) is 5.07. The summed E-state index contributed by atoms with van der Waals surface area (Å²) in [6.45, 7) is 2.71. The zero-order chi connectivity index (χ0) is 24.6. The van der Waals surface area contributed by atoms with Gasteiger partial charge in [0.1, 0.15) is 6.61 Å². The van der Waals surface area contributed by atoms with E-state index in [1.165, 1.54) is 0 Å². The van der Waals surface area contributed by atoms with Crippen molar-refractivity contribution in [3.8, 4) is 11.5 Å². The van der Waals surface area contributed by atoms with Crippen molar-refractivity contribution in [3.05, 3.63) is 117 Å². The first kappa shape index (κ1) is 25.1. The lowest BCUT2D eigenvalue weighted by Gasteiger charge is -2.19. The average Bonchev–Trinajstić information content (AvgIpc) is 2.87. The lowest BCUT2D eigenvalue weighted by Crippen LogP contribution is -2.09. The van der Waals surface area contributed by atoms with Crippen molar-refractivity contribution in [2.75, 3.05) is 11.6 Å². The number of hydrogen-bond acceptors (Lipinski definition) is 4.